The fourth-order valence-electron chi connectivity index (χ4n) is 1.89. The molecule has 18 heavy (non-hydrogen) atoms. The number of nitrogens with zero attached hydrogens (tertiary/aromatic N) is 3. The van der Waals surface area contributed by atoms with Crippen LogP contribution >= 0.6 is 15.9 Å². The van der Waals surface area contributed by atoms with Crippen LogP contribution in [0.3, 0.4) is 0 Å². The number of rotatable bonds is 3. The van der Waals surface area contributed by atoms with E-state index in [1.54, 1.807) is 16.8 Å². The predicted molar refractivity (Wildman–Crippen MR) is 67.3 cm³/mol. The largest absolute Gasteiger partial charge is 0.474 e. The number of amides is 1. The highest BCUT2D eigenvalue weighted by molar-refractivity contribution is 9.10. The summed E-state index contributed by atoms with van der Waals surface area (Å²) in [6, 6.07) is 3.69. The van der Waals surface area contributed by atoms with Crippen LogP contribution in [-0.2, 0) is 4.79 Å². The summed E-state index contributed by atoms with van der Waals surface area (Å²) in [6.45, 7) is 0.441. The summed E-state index contributed by atoms with van der Waals surface area (Å²) in [6.07, 6.45) is 3.08. The summed E-state index contributed by atoms with van der Waals surface area (Å²) >= 11 is 3.35. The van der Waals surface area contributed by atoms with Crippen LogP contribution in [0.2, 0.25) is 0 Å². The van der Waals surface area contributed by atoms with E-state index in [1.165, 1.54) is 0 Å². The fourth-order valence-corrected chi connectivity index (χ4v) is 2.26. The lowest BCUT2D eigenvalue weighted by atomic mass is 10.2. The first kappa shape index (κ1) is 11.5. The number of nitrogens with one attached hydrogen (secondary N) is 1. The van der Waals surface area contributed by atoms with Gasteiger partial charge < -0.3 is 10.1 Å². The van der Waals surface area contributed by atoms with Gasteiger partial charge in [-0.25, -0.2) is 9.50 Å². The van der Waals surface area contributed by atoms with Gasteiger partial charge in [-0.15, -0.1) is 5.10 Å². The normalized spacial score (nSPS) is 19.2. The number of imidazole rings is 1. The van der Waals surface area contributed by atoms with Gasteiger partial charge in [0.2, 0.25) is 11.8 Å². The molecule has 3 heterocycles. The highest BCUT2D eigenvalue weighted by Gasteiger charge is 2.21. The minimum absolute atomic E-state index is 0.0845. The molecule has 0 bridgehead atoms. The molecule has 7 heteroatoms. The molecule has 1 aliphatic rings. The second-order valence-corrected chi connectivity index (χ2v) is 4.95. The van der Waals surface area contributed by atoms with Gasteiger partial charge in [0, 0.05) is 12.5 Å². The minimum Gasteiger partial charge on any atom is -0.474 e. The molecule has 2 aromatic heterocycles. The van der Waals surface area contributed by atoms with E-state index in [4.69, 9.17) is 4.74 Å². The molecule has 1 atom stereocenters. The van der Waals surface area contributed by atoms with E-state index in [0.29, 0.717) is 18.9 Å². The average Bonchev–Trinajstić information content (AvgIpc) is 2.94. The van der Waals surface area contributed by atoms with Crippen molar-refractivity contribution in [2.45, 2.75) is 18.9 Å². The van der Waals surface area contributed by atoms with E-state index in [-0.39, 0.29) is 11.9 Å². The van der Waals surface area contributed by atoms with Crippen LogP contribution in [0.15, 0.2) is 22.9 Å². The minimum atomic E-state index is 0.0845. The molecule has 2 aromatic rings. The zero-order valence-electron chi connectivity index (χ0n) is 9.47. The summed E-state index contributed by atoms with van der Waals surface area (Å²) in [5.41, 5.74) is 0.753. The van der Waals surface area contributed by atoms with Crippen LogP contribution in [0.1, 0.15) is 12.8 Å². The van der Waals surface area contributed by atoms with Gasteiger partial charge in [0.1, 0.15) is 11.2 Å². The molecular weight excluding hydrogens is 300 g/mol. The van der Waals surface area contributed by atoms with Gasteiger partial charge in [-0.1, -0.05) is 0 Å². The highest BCUT2D eigenvalue weighted by Crippen LogP contribution is 2.15. The Hall–Kier alpha value is -1.63. The molecule has 1 saturated heterocycles. The Morgan fingerprint density at radius 2 is 2.44 bits per heavy atom. The Morgan fingerprint density at radius 1 is 1.56 bits per heavy atom. The molecule has 1 aliphatic heterocycles. The maximum absolute atomic E-state index is 11.0. The third-order valence-corrected chi connectivity index (χ3v) is 3.35. The van der Waals surface area contributed by atoms with Gasteiger partial charge in [-0.2, -0.15) is 0 Å². The van der Waals surface area contributed by atoms with Crippen molar-refractivity contribution in [1.82, 2.24) is 19.9 Å². The molecule has 0 spiro atoms. The molecule has 0 radical (unpaired) electrons. The van der Waals surface area contributed by atoms with E-state index < -0.39 is 0 Å². The van der Waals surface area contributed by atoms with Crippen LogP contribution < -0.4 is 10.1 Å². The second kappa shape index (κ2) is 4.56. The molecule has 94 valence electrons. The van der Waals surface area contributed by atoms with Crippen LogP contribution in [0, 0.1) is 0 Å². The van der Waals surface area contributed by atoms with Gasteiger partial charge >= 0.3 is 0 Å². The summed E-state index contributed by atoms with van der Waals surface area (Å²) < 4.78 is 8.01. The summed E-state index contributed by atoms with van der Waals surface area (Å²) in [5.74, 6) is 0.603. The first-order chi connectivity index (χ1) is 8.72. The smallest absolute Gasteiger partial charge is 0.231 e. The Bertz CT molecular complexity index is 598. The average molecular weight is 311 g/mol. The lowest BCUT2D eigenvalue weighted by molar-refractivity contribution is -0.119. The van der Waals surface area contributed by atoms with Gasteiger partial charge in [-0.3, -0.25) is 4.79 Å². The number of hydrogen-bond acceptors (Lipinski definition) is 4. The van der Waals surface area contributed by atoms with E-state index in [9.17, 15) is 4.79 Å². The molecule has 0 aliphatic carbocycles. The molecule has 0 saturated carbocycles. The molecule has 1 amide bonds. The number of halogens is 1. The first-order valence-corrected chi connectivity index (χ1v) is 6.44. The molecule has 0 aromatic carbocycles. The van der Waals surface area contributed by atoms with Crippen molar-refractivity contribution in [3.05, 3.63) is 22.9 Å². The number of carbonyl (C=O) groups is 1. The molecule has 6 nitrogen and oxygen atoms in total. The van der Waals surface area contributed by atoms with Gasteiger partial charge in [0.25, 0.3) is 0 Å². The van der Waals surface area contributed by atoms with Crippen LogP contribution in [0.5, 0.6) is 5.88 Å². The topological polar surface area (TPSA) is 68.5 Å². The third kappa shape index (κ3) is 2.17. The Labute approximate surface area is 111 Å². The van der Waals surface area contributed by atoms with Crippen molar-refractivity contribution in [3.63, 3.8) is 0 Å². The summed E-state index contributed by atoms with van der Waals surface area (Å²) in [4.78, 5) is 15.2. The van der Waals surface area contributed by atoms with E-state index in [2.05, 4.69) is 31.3 Å². The molecular formula is C11H11BrN4O2. The predicted octanol–water partition coefficient (Wildman–Crippen LogP) is 1.15. The van der Waals surface area contributed by atoms with Gasteiger partial charge in [-0.05, 0) is 28.4 Å². The highest BCUT2D eigenvalue weighted by atomic mass is 79.9. The Kier molecular flexibility index (Phi) is 2.91. The second-order valence-electron chi connectivity index (χ2n) is 4.14. The zero-order valence-corrected chi connectivity index (χ0v) is 11.1. The molecule has 1 fully saturated rings. The molecule has 1 N–H and O–H groups in total. The van der Waals surface area contributed by atoms with Crippen molar-refractivity contribution in [3.8, 4) is 5.88 Å². The van der Waals surface area contributed by atoms with Crippen molar-refractivity contribution < 1.29 is 9.53 Å². The number of ether oxygens (including phenoxy) is 1. The monoisotopic (exact) mass is 310 g/mol. The van der Waals surface area contributed by atoms with E-state index >= 15 is 0 Å². The number of fused-ring (bicyclic) bond motifs is 1. The maximum atomic E-state index is 11.0. The molecule has 3 rings (SSSR count). The zero-order chi connectivity index (χ0) is 12.5. The van der Waals surface area contributed by atoms with Crippen LogP contribution in [0.4, 0.5) is 0 Å². The first-order valence-electron chi connectivity index (χ1n) is 5.65. The standard InChI is InChI=1S/C11H11BrN4O2/c12-8-5-13-9-2-4-11(15-16(8)9)18-6-7-1-3-10(17)14-7/h2,4-5,7H,1,3,6H2,(H,14,17)/t7-/m1/s1. The number of hydrogen-bond donors (Lipinski definition) is 1. The van der Waals surface area contributed by atoms with Gasteiger partial charge in [0.05, 0.1) is 12.2 Å². The third-order valence-electron chi connectivity index (χ3n) is 2.81. The lowest BCUT2D eigenvalue weighted by Crippen LogP contribution is -2.31. The van der Waals surface area contributed by atoms with E-state index in [0.717, 1.165) is 16.7 Å². The van der Waals surface area contributed by atoms with Crippen molar-refractivity contribution >= 4 is 27.5 Å². The number of aromatic nitrogens is 3. The number of carbonyl (C=O) groups excluding carboxylic acids is 1. The summed E-state index contributed by atoms with van der Waals surface area (Å²) in [7, 11) is 0. The van der Waals surface area contributed by atoms with Crippen LogP contribution in [-0.4, -0.2) is 33.2 Å². The SMILES string of the molecule is O=C1CC[C@H](COc2ccc3ncc(Br)n3n2)N1. The summed E-state index contributed by atoms with van der Waals surface area (Å²) in [5, 5.41) is 7.13. The van der Waals surface area contributed by atoms with Gasteiger partial charge in [0.15, 0.2) is 5.65 Å². The Balaban J connectivity index is 1.70. The van der Waals surface area contributed by atoms with Crippen LogP contribution in [0.25, 0.3) is 5.65 Å². The Morgan fingerprint density at radius 3 is 3.22 bits per heavy atom. The lowest BCUT2D eigenvalue weighted by Gasteiger charge is -2.11. The van der Waals surface area contributed by atoms with E-state index in [1.807, 2.05) is 6.07 Å². The fraction of sp³-hybridized carbons (Fsp3) is 0.364. The van der Waals surface area contributed by atoms with Crippen molar-refractivity contribution in [2.75, 3.05) is 6.61 Å². The van der Waals surface area contributed by atoms with Crippen molar-refractivity contribution in [1.29, 1.82) is 0 Å². The molecule has 0 unspecified atom stereocenters. The maximum Gasteiger partial charge on any atom is 0.231 e. The van der Waals surface area contributed by atoms with Crippen molar-refractivity contribution in [2.24, 2.45) is 0 Å². The quantitative estimate of drug-likeness (QED) is 0.923.